The Kier molecular flexibility index (Phi) is 6.16. The smallest absolute Gasteiger partial charge is 0.331 e. The summed E-state index contributed by atoms with van der Waals surface area (Å²) < 4.78 is 5.82. The van der Waals surface area contributed by atoms with Gasteiger partial charge in [0.2, 0.25) is 0 Å². The average Bonchev–Trinajstić information content (AvgIpc) is 2.77. The lowest BCUT2D eigenvalue weighted by Gasteiger charge is -2.35. The number of nitrogens with one attached hydrogen (secondary N) is 1. The lowest BCUT2D eigenvalue weighted by molar-refractivity contribution is -0.132. The van der Waals surface area contributed by atoms with E-state index in [0.717, 1.165) is 37.7 Å². The summed E-state index contributed by atoms with van der Waals surface area (Å²) in [5.41, 5.74) is 2.94. The molecule has 31 heavy (non-hydrogen) atoms. The van der Waals surface area contributed by atoms with Crippen molar-refractivity contribution >= 4 is 23.9 Å². The molecule has 6 heteroatoms. The molecular formula is C25H26N2O4. The summed E-state index contributed by atoms with van der Waals surface area (Å²) in [6, 6.07) is 14.6. The van der Waals surface area contributed by atoms with E-state index in [1.807, 2.05) is 25.1 Å². The molecule has 0 spiro atoms. The number of barbiturate groups is 1. The number of hydrogen-bond donors (Lipinski definition) is 1. The van der Waals surface area contributed by atoms with Crippen LogP contribution in [0.25, 0.3) is 6.08 Å². The maximum Gasteiger partial charge on any atom is 0.331 e. The van der Waals surface area contributed by atoms with Gasteiger partial charge in [-0.05, 0) is 49.1 Å². The van der Waals surface area contributed by atoms with Crippen molar-refractivity contribution in [2.24, 2.45) is 0 Å². The van der Waals surface area contributed by atoms with Gasteiger partial charge < -0.3 is 4.74 Å². The van der Waals surface area contributed by atoms with Crippen LogP contribution in [-0.4, -0.2) is 28.8 Å². The maximum absolute atomic E-state index is 13.0. The fourth-order valence-corrected chi connectivity index (χ4v) is 4.14. The van der Waals surface area contributed by atoms with Crippen molar-refractivity contribution in [3.8, 4) is 5.75 Å². The number of benzene rings is 2. The zero-order valence-electron chi connectivity index (χ0n) is 17.6. The Hall–Kier alpha value is -3.41. The predicted molar refractivity (Wildman–Crippen MR) is 117 cm³/mol. The van der Waals surface area contributed by atoms with Crippen LogP contribution < -0.4 is 10.1 Å². The van der Waals surface area contributed by atoms with E-state index in [-0.39, 0.29) is 11.6 Å². The van der Waals surface area contributed by atoms with Gasteiger partial charge in [-0.15, -0.1) is 0 Å². The molecule has 0 aromatic heterocycles. The molecule has 1 saturated carbocycles. The largest absolute Gasteiger partial charge is 0.489 e. The van der Waals surface area contributed by atoms with Crippen molar-refractivity contribution < 1.29 is 19.1 Å². The average molecular weight is 418 g/mol. The molecule has 1 aliphatic carbocycles. The SMILES string of the molecule is Cc1cccc(COc2ccc(C=C3C(=O)NC(=O)N(C4CCCCC4)C3=O)cc2)c1. The first-order valence-electron chi connectivity index (χ1n) is 10.7. The molecule has 1 N–H and O–H groups in total. The molecule has 160 valence electrons. The van der Waals surface area contributed by atoms with Crippen LogP contribution in [-0.2, 0) is 16.2 Å². The van der Waals surface area contributed by atoms with Gasteiger partial charge in [-0.25, -0.2) is 4.79 Å². The summed E-state index contributed by atoms with van der Waals surface area (Å²) in [4.78, 5) is 38.8. The van der Waals surface area contributed by atoms with Crippen molar-refractivity contribution in [2.45, 2.75) is 51.7 Å². The Morgan fingerprint density at radius 3 is 2.48 bits per heavy atom. The highest BCUT2D eigenvalue weighted by Crippen LogP contribution is 2.26. The monoisotopic (exact) mass is 418 g/mol. The van der Waals surface area contributed by atoms with E-state index < -0.39 is 17.8 Å². The highest BCUT2D eigenvalue weighted by molar-refractivity contribution is 6.31. The van der Waals surface area contributed by atoms with E-state index in [1.165, 1.54) is 16.5 Å². The lowest BCUT2D eigenvalue weighted by atomic mass is 9.93. The minimum absolute atomic E-state index is 0.0152. The van der Waals surface area contributed by atoms with E-state index >= 15 is 0 Å². The third-order valence-electron chi connectivity index (χ3n) is 5.75. The molecule has 1 aliphatic heterocycles. The van der Waals surface area contributed by atoms with Gasteiger partial charge in [0.15, 0.2) is 0 Å². The number of ether oxygens (including phenoxy) is 1. The third kappa shape index (κ3) is 4.85. The number of hydrogen-bond acceptors (Lipinski definition) is 4. The van der Waals surface area contributed by atoms with E-state index in [1.54, 1.807) is 24.3 Å². The number of carbonyl (C=O) groups excluding carboxylic acids is 3. The quantitative estimate of drug-likeness (QED) is 0.578. The van der Waals surface area contributed by atoms with Crippen LogP contribution in [0.1, 0.15) is 48.8 Å². The number of nitrogens with zero attached hydrogens (tertiary/aromatic N) is 1. The van der Waals surface area contributed by atoms with Gasteiger partial charge in [-0.1, -0.05) is 61.2 Å². The predicted octanol–water partition coefficient (Wildman–Crippen LogP) is 4.37. The summed E-state index contributed by atoms with van der Waals surface area (Å²) in [6.07, 6.45) is 6.18. The number of amides is 4. The summed E-state index contributed by atoms with van der Waals surface area (Å²) in [5, 5.41) is 2.32. The van der Waals surface area contributed by atoms with Gasteiger partial charge in [0, 0.05) is 6.04 Å². The standard InChI is InChI=1S/C25H26N2O4/c1-17-6-5-7-19(14-17)16-31-21-12-10-18(11-13-21)15-22-23(28)26-25(30)27(24(22)29)20-8-3-2-4-9-20/h5-7,10-15,20H,2-4,8-9,16H2,1H3,(H,26,28,30). The van der Waals surface area contributed by atoms with Crippen LogP contribution in [0.3, 0.4) is 0 Å². The fourth-order valence-electron chi connectivity index (χ4n) is 4.14. The second-order valence-corrected chi connectivity index (χ2v) is 8.13. The Bertz CT molecular complexity index is 1020. The second kappa shape index (κ2) is 9.16. The highest BCUT2D eigenvalue weighted by Gasteiger charge is 2.40. The maximum atomic E-state index is 13.0. The zero-order chi connectivity index (χ0) is 21.8. The Morgan fingerprint density at radius 2 is 1.77 bits per heavy atom. The Morgan fingerprint density at radius 1 is 1.03 bits per heavy atom. The number of rotatable bonds is 5. The van der Waals surface area contributed by atoms with Crippen LogP contribution in [0, 0.1) is 6.92 Å². The van der Waals surface area contributed by atoms with Gasteiger partial charge in [0.25, 0.3) is 11.8 Å². The van der Waals surface area contributed by atoms with Gasteiger partial charge in [0.05, 0.1) is 0 Å². The first-order valence-corrected chi connectivity index (χ1v) is 10.7. The molecular weight excluding hydrogens is 392 g/mol. The number of imide groups is 2. The molecule has 6 nitrogen and oxygen atoms in total. The minimum Gasteiger partial charge on any atom is -0.489 e. The topological polar surface area (TPSA) is 75.7 Å². The van der Waals surface area contributed by atoms with Crippen molar-refractivity contribution in [2.75, 3.05) is 0 Å². The molecule has 0 radical (unpaired) electrons. The lowest BCUT2D eigenvalue weighted by Crippen LogP contribution is -2.58. The summed E-state index contributed by atoms with van der Waals surface area (Å²) in [6.45, 7) is 2.50. The van der Waals surface area contributed by atoms with Crippen LogP contribution in [0.2, 0.25) is 0 Å². The van der Waals surface area contributed by atoms with Crippen LogP contribution in [0.4, 0.5) is 4.79 Å². The zero-order valence-corrected chi connectivity index (χ0v) is 17.6. The van der Waals surface area contributed by atoms with Gasteiger partial charge in [0.1, 0.15) is 17.9 Å². The molecule has 1 heterocycles. The van der Waals surface area contributed by atoms with Crippen molar-refractivity contribution in [1.29, 1.82) is 0 Å². The van der Waals surface area contributed by atoms with Crippen molar-refractivity contribution in [1.82, 2.24) is 10.2 Å². The second-order valence-electron chi connectivity index (χ2n) is 8.13. The van der Waals surface area contributed by atoms with E-state index in [4.69, 9.17) is 4.74 Å². The molecule has 1 saturated heterocycles. The van der Waals surface area contributed by atoms with E-state index in [2.05, 4.69) is 11.4 Å². The fraction of sp³-hybridized carbons (Fsp3) is 0.320. The van der Waals surface area contributed by atoms with Crippen LogP contribution in [0.5, 0.6) is 5.75 Å². The van der Waals surface area contributed by atoms with Gasteiger partial charge in [-0.2, -0.15) is 0 Å². The number of urea groups is 1. The molecule has 4 amide bonds. The van der Waals surface area contributed by atoms with Crippen molar-refractivity contribution in [3.63, 3.8) is 0 Å². The normalized spacial score (nSPS) is 18.9. The molecule has 4 rings (SSSR count). The third-order valence-corrected chi connectivity index (χ3v) is 5.75. The van der Waals surface area contributed by atoms with Crippen LogP contribution >= 0.6 is 0 Å². The molecule has 0 bridgehead atoms. The first-order chi connectivity index (χ1) is 15.0. The van der Waals surface area contributed by atoms with E-state index in [9.17, 15) is 14.4 Å². The minimum atomic E-state index is -0.651. The van der Waals surface area contributed by atoms with Crippen molar-refractivity contribution in [3.05, 3.63) is 70.8 Å². The molecule has 2 aromatic rings. The molecule has 0 unspecified atom stereocenters. The first kappa shape index (κ1) is 20.8. The van der Waals surface area contributed by atoms with Gasteiger partial charge >= 0.3 is 6.03 Å². The Balaban J connectivity index is 1.47. The highest BCUT2D eigenvalue weighted by atomic mass is 16.5. The Labute approximate surface area is 181 Å². The summed E-state index contributed by atoms with van der Waals surface area (Å²) in [7, 11) is 0. The molecule has 2 fully saturated rings. The molecule has 2 aromatic carbocycles. The summed E-state index contributed by atoms with van der Waals surface area (Å²) >= 11 is 0. The molecule has 0 atom stereocenters. The summed E-state index contributed by atoms with van der Waals surface area (Å²) in [5.74, 6) is -0.468. The van der Waals surface area contributed by atoms with Gasteiger partial charge in [-0.3, -0.25) is 19.8 Å². The number of carbonyl (C=O) groups is 3. The van der Waals surface area contributed by atoms with E-state index in [0.29, 0.717) is 17.9 Å². The number of aryl methyl sites for hydroxylation is 1. The molecule has 2 aliphatic rings. The van der Waals surface area contributed by atoms with Crippen LogP contribution in [0.15, 0.2) is 54.1 Å².